The summed E-state index contributed by atoms with van der Waals surface area (Å²) in [4.78, 5) is 0. The maximum absolute atomic E-state index is 10.0. The molecule has 0 radical (unpaired) electrons. The predicted molar refractivity (Wildman–Crippen MR) is 64.2 cm³/mol. The minimum absolute atomic E-state index is 0.104. The van der Waals surface area contributed by atoms with E-state index in [0.717, 1.165) is 19.4 Å². The summed E-state index contributed by atoms with van der Waals surface area (Å²) in [5, 5.41) is 14.3. The molecule has 90 valence electrons. The number of aliphatic hydroxyl groups excluding tert-OH is 1. The van der Waals surface area contributed by atoms with Crippen LogP contribution in [-0.4, -0.2) is 21.0 Å². The third kappa shape index (κ3) is 2.85. The second-order valence-electron chi connectivity index (χ2n) is 4.85. The van der Waals surface area contributed by atoms with Gasteiger partial charge in [-0.25, -0.2) is 0 Å². The summed E-state index contributed by atoms with van der Waals surface area (Å²) < 4.78 is 1.94. The molecule has 2 rings (SSSR count). The summed E-state index contributed by atoms with van der Waals surface area (Å²) in [7, 11) is 0. The highest BCUT2D eigenvalue weighted by Gasteiger charge is 2.22. The molecule has 3 nitrogen and oxygen atoms in total. The molecule has 1 unspecified atom stereocenters. The second kappa shape index (κ2) is 5.48. The molecule has 0 saturated heterocycles. The van der Waals surface area contributed by atoms with Crippen molar-refractivity contribution in [3.8, 4) is 0 Å². The van der Waals surface area contributed by atoms with E-state index in [1.807, 2.05) is 10.9 Å². The van der Waals surface area contributed by atoms with Crippen LogP contribution in [0.5, 0.6) is 0 Å². The number of aromatic nitrogens is 2. The molecule has 1 N–H and O–H groups in total. The maximum atomic E-state index is 10.0. The van der Waals surface area contributed by atoms with Crippen LogP contribution in [0.4, 0.5) is 0 Å². The highest BCUT2D eigenvalue weighted by molar-refractivity contribution is 5.04. The molecule has 1 aliphatic carbocycles. The first-order valence-electron chi connectivity index (χ1n) is 6.49. The number of nitrogens with zero attached hydrogens (tertiary/aromatic N) is 2. The molecule has 1 aromatic rings. The van der Waals surface area contributed by atoms with Gasteiger partial charge in [-0.05, 0) is 44.1 Å². The molecule has 1 aliphatic rings. The lowest BCUT2D eigenvalue weighted by atomic mass is 9.96. The lowest BCUT2D eigenvalue weighted by Gasteiger charge is -2.16. The van der Waals surface area contributed by atoms with Crippen molar-refractivity contribution in [2.75, 3.05) is 0 Å². The Bertz CT molecular complexity index is 315. The van der Waals surface area contributed by atoms with Crippen LogP contribution in [0.25, 0.3) is 0 Å². The first kappa shape index (κ1) is 11.6. The zero-order valence-electron chi connectivity index (χ0n) is 10.1. The van der Waals surface area contributed by atoms with Gasteiger partial charge in [-0.2, -0.15) is 5.10 Å². The molecule has 0 spiro atoms. The van der Waals surface area contributed by atoms with Crippen molar-refractivity contribution in [2.45, 2.75) is 58.1 Å². The van der Waals surface area contributed by atoms with Crippen molar-refractivity contribution < 1.29 is 5.11 Å². The van der Waals surface area contributed by atoms with Crippen molar-refractivity contribution in [1.29, 1.82) is 0 Å². The minimum Gasteiger partial charge on any atom is -0.393 e. The molecule has 1 fully saturated rings. The lowest BCUT2D eigenvalue weighted by molar-refractivity contribution is 0.102. The summed E-state index contributed by atoms with van der Waals surface area (Å²) in [5.41, 5.74) is 1.25. The number of aryl methyl sites for hydroxylation is 2. The Morgan fingerprint density at radius 1 is 1.50 bits per heavy atom. The van der Waals surface area contributed by atoms with Gasteiger partial charge in [0.1, 0.15) is 0 Å². The van der Waals surface area contributed by atoms with Crippen LogP contribution in [0, 0.1) is 5.92 Å². The molecular formula is C13H22N2O. The van der Waals surface area contributed by atoms with E-state index >= 15 is 0 Å². The Labute approximate surface area is 97.5 Å². The molecule has 0 aromatic carbocycles. The zero-order valence-corrected chi connectivity index (χ0v) is 10.1. The van der Waals surface area contributed by atoms with Crippen LogP contribution in [0.3, 0.4) is 0 Å². The number of aliphatic hydroxyl groups is 1. The van der Waals surface area contributed by atoms with Gasteiger partial charge in [-0.1, -0.05) is 12.8 Å². The van der Waals surface area contributed by atoms with Crippen LogP contribution in [-0.2, 0) is 13.0 Å². The van der Waals surface area contributed by atoms with E-state index < -0.39 is 0 Å². The highest BCUT2D eigenvalue weighted by atomic mass is 16.3. The average Bonchev–Trinajstić information content (AvgIpc) is 2.96. The Morgan fingerprint density at radius 3 is 2.88 bits per heavy atom. The summed E-state index contributed by atoms with van der Waals surface area (Å²) in [6, 6.07) is 0. The summed E-state index contributed by atoms with van der Waals surface area (Å²) in [6.07, 6.45) is 10.8. The zero-order chi connectivity index (χ0) is 11.4. The summed E-state index contributed by atoms with van der Waals surface area (Å²) in [5.74, 6) is 0.557. The van der Waals surface area contributed by atoms with Gasteiger partial charge in [0.05, 0.1) is 12.3 Å². The molecule has 1 saturated carbocycles. The summed E-state index contributed by atoms with van der Waals surface area (Å²) >= 11 is 0. The fourth-order valence-corrected chi connectivity index (χ4v) is 2.60. The lowest BCUT2D eigenvalue weighted by Crippen LogP contribution is -2.18. The Morgan fingerprint density at radius 2 is 2.25 bits per heavy atom. The van der Waals surface area contributed by atoms with Crippen LogP contribution >= 0.6 is 0 Å². The molecule has 0 aliphatic heterocycles. The van der Waals surface area contributed by atoms with Gasteiger partial charge >= 0.3 is 0 Å². The van der Waals surface area contributed by atoms with E-state index in [9.17, 15) is 5.11 Å². The van der Waals surface area contributed by atoms with Crippen molar-refractivity contribution >= 4 is 0 Å². The Hall–Kier alpha value is -0.830. The van der Waals surface area contributed by atoms with Gasteiger partial charge in [-0.3, -0.25) is 4.68 Å². The maximum Gasteiger partial charge on any atom is 0.0571 e. The standard InChI is InChI=1S/C13H22N2O/c1-2-15-10-11(9-14-15)7-8-13(16)12-5-3-4-6-12/h9-10,12-13,16H,2-8H2,1H3. The van der Waals surface area contributed by atoms with E-state index in [1.54, 1.807) is 0 Å². The highest BCUT2D eigenvalue weighted by Crippen LogP contribution is 2.29. The Balaban J connectivity index is 1.77. The van der Waals surface area contributed by atoms with Crippen molar-refractivity contribution in [3.05, 3.63) is 18.0 Å². The topological polar surface area (TPSA) is 38.0 Å². The number of hydrogen-bond acceptors (Lipinski definition) is 2. The average molecular weight is 222 g/mol. The fraction of sp³-hybridized carbons (Fsp3) is 0.769. The van der Waals surface area contributed by atoms with Gasteiger partial charge in [-0.15, -0.1) is 0 Å². The smallest absolute Gasteiger partial charge is 0.0571 e. The van der Waals surface area contributed by atoms with Crippen molar-refractivity contribution in [2.24, 2.45) is 5.92 Å². The molecule has 1 heterocycles. The molecule has 0 amide bonds. The van der Waals surface area contributed by atoms with Crippen molar-refractivity contribution in [1.82, 2.24) is 9.78 Å². The van der Waals surface area contributed by atoms with E-state index in [1.165, 1.54) is 31.2 Å². The largest absolute Gasteiger partial charge is 0.393 e. The minimum atomic E-state index is -0.104. The summed E-state index contributed by atoms with van der Waals surface area (Å²) in [6.45, 7) is 3.01. The molecular weight excluding hydrogens is 200 g/mol. The van der Waals surface area contributed by atoms with E-state index in [-0.39, 0.29) is 6.10 Å². The van der Waals surface area contributed by atoms with Gasteiger partial charge in [0, 0.05) is 12.7 Å². The van der Waals surface area contributed by atoms with Gasteiger partial charge in [0.25, 0.3) is 0 Å². The predicted octanol–water partition coefficient (Wildman–Crippen LogP) is 2.39. The molecule has 3 heteroatoms. The quantitative estimate of drug-likeness (QED) is 0.830. The molecule has 16 heavy (non-hydrogen) atoms. The second-order valence-corrected chi connectivity index (χ2v) is 4.85. The van der Waals surface area contributed by atoms with Gasteiger partial charge in [0.2, 0.25) is 0 Å². The first-order chi connectivity index (χ1) is 7.79. The third-order valence-corrected chi connectivity index (χ3v) is 3.68. The third-order valence-electron chi connectivity index (χ3n) is 3.68. The first-order valence-corrected chi connectivity index (χ1v) is 6.49. The number of hydrogen-bond donors (Lipinski definition) is 1. The van der Waals surface area contributed by atoms with Gasteiger partial charge < -0.3 is 5.11 Å². The van der Waals surface area contributed by atoms with E-state index in [0.29, 0.717) is 5.92 Å². The van der Waals surface area contributed by atoms with Crippen LogP contribution in [0.1, 0.15) is 44.6 Å². The van der Waals surface area contributed by atoms with Crippen LogP contribution < -0.4 is 0 Å². The van der Waals surface area contributed by atoms with E-state index in [4.69, 9.17) is 0 Å². The Kier molecular flexibility index (Phi) is 3.99. The SMILES string of the molecule is CCn1cc(CCC(O)C2CCCC2)cn1. The fourth-order valence-electron chi connectivity index (χ4n) is 2.60. The number of rotatable bonds is 5. The van der Waals surface area contributed by atoms with Crippen LogP contribution in [0.15, 0.2) is 12.4 Å². The monoisotopic (exact) mass is 222 g/mol. The van der Waals surface area contributed by atoms with Crippen LogP contribution in [0.2, 0.25) is 0 Å². The molecule has 1 aromatic heterocycles. The normalized spacial score (nSPS) is 19.1. The van der Waals surface area contributed by atoms with E-state index in [2.05, 4.69) is 18.2 Å². The van der Waals surface area contributed by atoms with Gasteiger partial charge in [0.15, 0.2) is 0 Å². The van der Waals surface area contributed by atoms with Crippen molar-refractivity contribution in [3.63, 3.8) is 0 Å². The molecule has 1 atom stereocenters. The molecule has 0 bridgehead atoms.